The Kier molecular flexibility index (Phi) is 5.84. The van der Waals surface area contributed by atoms with Crippen molar-refractivity contribution in [3.05, 3.63) is 76.9 Å². The summed E-state index contributed by atoms with van der Waals surface area (Å²) in [5.41, 5.74) is 1.37. The highest BCUT2D eigenvalue weighted by Gasteiger charge is 2.31. The summed E-state index contributed by atoms with van der Waals surface area (Å²) in [6.07, 6.45) is 1.31. The van der Waals surface area contributed by atoms with Crippen LogP contribution in [0, 0.1) is 11.3 Å². The van der Waals surface area contributed by atoms with Gasteiger partial charge in [-0.05, 0) is 60.7 Å². The second kappa shape index (κ2) is 8.30. The molecule has 0 aromatic heterocycles. The second-order valence-corrected chi connectivity index (χ2v) is 6.73. The third-order valence-corrected chi connectivity index (χ3v) is 4.87. The van der Waals surface area contributed by atoms with Gasteiger partial charge in [-0.2, -0.15) is 18.4 Å². The van der Waals surface area contributed by atoms with E-state index in [0.29, 0.717) is 17.7 Å². The van der Waals surface area contributed by atoms with E-state index in [1.54, 1.807) is 35.2 Å². The maximum atomic E-state index is 12.8. The number of carbonyl (C=O) groups excluding carboxylic acids is 1. The van der Waals surface area contributed by atoms with Crippen molar-refractivity contribution >= 4 is 12.0 Å². The van der Waals surface area contributed by atoms with Crippen LogP contribution in [-0.2, 0) is 11.0 Å². The van der Waals surface area contributed by atoms with Gasteiger partial charge in [-0.3, -0.25) is 4.79 Å². The fourth-order valence-electron chi connectivity index (χ4n) is 3.37. The number of alkyl halides is 3. The first-order valence-electron chi connectivity index (χ1n) is 9.04. The SMILES string of the molecule is N#Cc1ccc(/C=C\C(=O)N2CCCC[C@H]2c2ccc(C(F)(F)F)cc2)cc1. The van der Waals surface area contributed by atoms with Gasteiger partial charge < -0.3 is 4.90 Å². The number of nitriles is 1. The van der Waals surface area contributed by atoms with Crippen LogP contribution in [0.15, 0.2) is 54.6 Å². The molecule has 0 unspecified atom stereocenters. The lowest BCUT2D eigenvalue weighted by atomic mass is 9.94. The number of amides is 1. The molecule has 0 bridgehead atoms. The number of rotatable bonds is 3. The van der Waals surface area contributed by atoms with Crippen LogP contribution in [0.1, 0.15) is 47.6 Å². The van der Waals surface area contributed by atoms with Crippen molar-refractivity contribution in [1.29, 1.82) is 5.26 Å². The van der Waals surface area contributed by atoms with Gasteiger partial charge in [0.2, 0.25) is 5.91 Å². The van der Waals surface area contributed by atoms with E-state index in [0.717, 1.165) is 37.0 Å². The van der Waals surface area contributed by atoms with Crippen molar-refractivity contribution < 1.29 is 18.0 Å². The molecule has 0 N–H and O–H groups in total. The topological polar surface area (TPSA) is 44.1 Å². The van der Waals surface area contributed by atoms with Gasteiger partial charge >= 0.3 is 6.18 Å². The van der Waals surface area contributed by atoms with E-state index in [-0.39, 0.29) is 11.9 Å². The van der Waals surface area contributed by atoms with Crippen LogP contribution in [0.5, 0.6) is 0 Å². The molecule has 1 aliphatic rings. The number of likely N-dealkylation sites (tertiary alicyclic amines) is 1. The van der Waals surface area contributed by atoms with Gasteiger partial charge in [-0.1, -0.05) is 24.3 Å². The highest BCUT2D eigenvalue weighted by Crippen LogP contribution is 2.34. The Morgan fingerprint density at radius 1 is 1.07 bits per heavy atom. The first-order chi connectivity index (χ1) is 13.4. The van der Waals surface area contributed by atoms with Crippen molar-refractivity contribution in [2.45, 2.75) is 31.5 Å². The van der Waals surface area contributed by atoms with E-state index in [1.807, 2.05) is 6.07 Å². The first-order valence-corrected chi connectivity index (χ1v) is 9.04. The Labute approximate surface area is 161 Å². The van der Waals surface area contributed by atoms with Crippen LogP contribution >= 0.6 is 0 Å². The molecule has 3 nitrogen and oxygen atoms in total. The number of carbonyl (C=O) groups is 1. The molecule has 0 radical (unpaired) electrons. The molecule has 6 heteroatoms. The number of hydrogen-bond acceptors (Lipinski definition) is 2. The maximum absolute atomic E-state index is 12.8. The van der Waals surface area contributed by atoms with Crippen LogP contribution in [0.2, 0.25) is 0 Å². The van der Waals surface area contributed by atoms with Crippen LogP contribution in [0.3, 0.4) is 0 Å². The smallest absolute Gasteiger partial charge is 0.332 e. The highest BCUT2D eigenvalue weighted by atomic mass is 19.4. The minimum atomic E-state index is -4.37. The van der Waals surface area contributed by atoms with E-state index in [1.165, 1.54) is 18.2 Å². The van der Waals surface area contributed by atoms with Crippen molar-refractivity contribution in [3.8, 4) is 6.07 Å². The Hall–Kier alpha value is -3.07. The number of nitrogens with zero attached hydrogens (tertiary/aromatic N) is 2. The van der Waals surface area contributed by atoms with E-state index in [2.05, 4.69) is 0 Å². The fraction of sp³-hybridized carbons (Fsp3) is 0.273. The fourth-order valence-corrected chi connectivity index (χ4v) is 3.37. The summed E-state index contributed by atoms with van der Waals surface area (Å²) in [6, 6.07) is 13.7. The molecule has 1 atom stereocenters. The third-order valence-electron chi connectivity index (χ3n) is 4.87. The van der Waals surface area contributed by atoms with Gasteiger partial charge in [0.25, 0.3) is 0 Å². The lowest BCUT2D eigenvalue weighted by Gasteiger charge is -2.35. The maximum Gasteiger partial charge on any atom is 0.416 e. The van der Waals surface area contributed by atoms with E-state index < -0.39 is 11.7 Å². The van der Waals surface area contributed by atoms with Gasteiger partial charge in [0, 0.05) is 12.6 Å². The molecule has 2 aromatic rings. The van der Waals surface area contributed by atoms with Crippen molar-refractivity contribution in [3.63, 3.8) is 0 Å². The number of halogens is 3. The number of benzene rings is 2. The van der Waals surface area contributed by atoms with Crippen molar-refractivity contribution in [2.24, 2.45) is 0 Å². The summed E-state index contributed by atoms with van der Waals surface area (Å²) in [4.78, 5) is 14.4. The molecule has 0 aliphatic carbocycles. The summed E-state index contributed by atoms with van der Waals surface area (Å²) in [5, 5.41) is 8.82. The van der Waals surface area contributed by atoms with E-state index >= 15 is 0 Å². The third kappa shape index (κ3) is 4.61. The largest absolute Gasteiger partial charge is 0.416 e. The Balaban J connectivity index is 1.75. The summed E-state index contributed by atoms with van der Waals surface area (Å²) in [6.45, 7) is 0.572. The summed E-state index contributed by atoms with van der Waals surface area (Å²) >= 11 is 0. The Morgan fingerprint density at radius 2 is 1.75 bits per heavy atom. The average molecular weight is 384 g/mol. The molecule has 28 heavy (non-hydrogen) atoms. The van der Waals surface area contributed by atoms with Gasteiger partial charge in [0.05, 0.1) is 23.2 Å². The molecule has 0 spiro atoms. The highest BCUT2D eigenvalue weighted by molar-refractivity contribution is 5.92. The summed E-state index contributed by atoms with van der Waals surface area (Å²) in [5.74, 6) is -0.172. The molecule has 3 rings (SSSR count). The van der Waals surface area contributed by atoms with Gasteiger partial charge in [0.1, 0.15) is 0 Å². The van der Waals surface area contributed by atoms with Crippen LogP contribution < -0.4 is 0 Å². The van der Waals surface area contributed by atoms with Crippen molar-refractivity contribution in [2.75, 3.05) is 6.54 Å². The molecular weight excluding hydrogens is 365 g/mol. The predicted molar refractivity (Wildman–Crippen MR) is 99.9 cm³/mol. The molecule has 1 fully saturated rings. The quantitative estimate of drug-likeness (QED) is 0.670. The monoisotopic (exact) mass is 384 g/mol. The summed E-state index contributed by atoms with van der Waals surface area (Å²) in [7, 11) is 0. The van der Waals surface area contributed by atoms with Gasteiger partial charge in [-0.25, -0.2) is 0 Å². The normalized spacial score (nSPS) is 17.5. The molecule has 144 valence electrons. The minimum Gasteiger partial charge on any atom is -0.332 e. The van der Waals surface area contributed by atoms with Crippen molar-refractivity contribution in [1.82, 2.24) is 4.90 Å². The molecule has 1 amide bonds. The molecule has 2 aromatic carbocycles. The minimum absolute atomic E-state index is 0.172. The lowest BCUT2D eigenvalue weighted by Crippen LogP contribution is -2.37. The van der Waals surface area contributed by atoms with Crippen LogP contribution in [-0.4, -0.2) is 17.4 Å². The first kappa shape index (κ1) is 19.7. The number of hydrogen-bond donors (Lipinski definition) is 0. The van der Waals surface area contributed by atoms with E-state index in [4.69, 9.17) is 5.26 Å². The molecule has 1 heterocycles. The van der Waals surface area contributed by atoms with Gasteiger partial charge in [-0.15, -0.1) is 0 Å². The average Bonchev–Trinajstić information content (AvgIpc) is 2.72. The molecule has 0 saturated carbocycles. The second-order valence-electron chi connectivity index (χ2n) is 6.73. The number of piperidine rings is 1. The van der Waals surface area contributed by atoms with E-state index in [9.17, 15) is 18.0 Å². The Morgan fingerprint density at radius 3 is 2.36 bits per heavy atom. The standard InChI is InChI=1S/C22H19F3N2O/c23-22(24,25)19-11-9-18(10-12-19)20-3-1-2-14-27(20)21(28)13-8-16-4-6-17(15-26)7-5-16/h4-13,20H,1-3,14H2/b13-8-/t20-/m0/s1. The zero-order valence-electron chi connectivity index (χ0n) is 15.1. The van der Waals surface area contributed by atoms with Crippen LogP contribution in [0.25, 0.3) is 6.08 Å². The Bertz CT molecular complexity index is 893. The molecular formula is C22H19F3N2O. The molecule has 1 saturated heterocycles. The molecule has 1 aliphatic heterocycles. The zero-order chi connectivity index (χ0) is 20.1. The van der Waals surface area contributed by atoms with Gasteiger partial charge in [0.15, 0.2) is 0 Å². The zero-order valence-corrected chi connectivity index (χ0v) is 15.1. The van der Waals surface area contributed by atoms with Crippen LogP contribution in [0.4, 0.5) is 13.2 Å². The predicted octanol–water partition coefficient (Wildman–Crippen LogP) is 5.34. The summed E-state index contributed by atoms with van der Waals surface area (Å²) < 4.78 is 38.4. The lowest BCUT2D eigenvalue weighted by molar-refractivity contribution is -0.137.